The molecule has 1 atom stereocenters. The van der Waals surface area contributed by atoms with Crippen LogP contribution in [0.5, 0.6) is 5.75 Å². The fourth-order valence-corrected chi connectivity index (χ4v) is 2.26. The fraction of sp³-hybridized carbons (Fsp3) is 0.176. The molecule has 1 aromatic carbocycles. The van der Waals surface area contributed by atoms with Gasteiger partial charge in [-0.2, -0.15) is 0 Å². The Morgan fingerprint density at radius 3 is 2.69 bits per heavy atom. The van der Waals surface area contributed by atoms with Crippen molar-refractivity contribution in [2.24, 2.45) is 5.16 Å². The lowest BCUT2D eigenvalue weighted by atomic mass is 10.1. The van der Waals surface area contributed by atoms with Crippen LogP contribution in [0.1, 0.15) is 12.0 Å². The second-order valence-corrected chi connectivity index (χ2v) is 5.37. The van der Waals surface area contributed by atoms with Crippen molar-refractivity contribution in [1.29, 1.82) is 0 Å². The van der Waals surface area contributed by atoms with Gasteiger partial charge in [-0.05, 0) is 36.4 Å². The molecule has 0 radical (unpaired) electrons. The van der Waals surface area contributed by atoms with Crippen LogP contribution in [0.2, 0.25) is 0 Å². The van der Waals surface area contributed by atoms with Crippen molar-refractivity contribution in [2.75, 3.05) is 12.4 Å². The van der Waals surface area contributed by atoms with E-state index in [-0.39, 0.29) is 0 Å². The number of carbonyl (C=O) groups excluding carboxylic acids is 2. The summed E-state index contributed by atoms with van der Waals surface area (Å²) >= 11 is 0. The van der Waals surface area contributed by atoms with E-state index in [0.29, 0.717) is 23.6 Å². The number of ether oxygens (including phenoxy) is 1. The predicted octanol–water partition coefficient (Wildman–Crippen LogP) is 1.44. The quantitative estimate of drug-likeness (QED) is 0.718. The van der Waals surface area contributed by atoms with Gasteiger partial charge in [0.1, 0.15) is 5.75 Å². The number of rotatable bonds is 4. The Morgan fingerprint density at radius 1 is 1.19 bits per heavy atom. The van der Waals surface area contributed by atoms with Gasteiger partial charge in [0.2, 0.25) is 6.10 Å². The minimum Gasteiger partial charge on any atom is -0.497 e. The first kappa shape index (κ1) is 17.2. The van der Waals surface area contributed by atoms with Gasteiger partial charge in [0, 0.05) is 30.1 Å². The number of methoxy groups -OCH3 is 1. The Balaban J connectivity index is 1.45. The van der Waals surface area contributed by atoms with Crippen LogP contribution in [0.4, 0.5) is 10.5 Å². The average Bonchev–Trinajstić information content (AvgIpc) is 3.18. The van der Waals surface area contributed by atoms with Gasteiger partial charge in [0.15, 0.2) is 0 Å². The Morgan fingerprint density at radius 2 is 2.00 bits per heavy atom. The molecule has 0 aliphatic carbocycles. The van der Waals surface area contributed by atoms with E-state index in [4.69, 9.17) is 9.57 Å². The molecule has 2 aromatic rings. The molecule has 9 nitrogen and oxygen atoms in total. The number of nitrogens with zero attached hydrogens (tertiary/aromatic N) is 2. The Bertz CT molecular complexity index is 808. The number of amides is 3. The van der Waals surface area contributed by atoms with E-state index in [1.54, 1.807) is 49.8 Å². The molecule has 0 bridgehead atoms. The second kappa shape index (κ2) is 7.97. The smallest absolute Gasteiger partial charge is 0.337 e. The topological polar surface area (TPSA) is 114 Å². The van der Waals surface area contributed by atoms with Gasteiger partial charge < -0.3 is 14.9 Å². The highest BCUT2D eigenvalue weighted by Crippen LogP contribution is 2.16. The van der Waals surface area contributed by atoms with Crippen molar-refractivity contribution in [3.05, 3.63) is 54.4 Å². The molecular formula is C17H17N5O4. The van der Waals surface area contributed by atoms with E-state index in [2.05, 4.69) is 26.3 Å². The van der Waals surface area contributed by atoms with E-state index in [9.17, 15) is 9.59 Å². The number of pyridine rings is 1. The Kier molecular flexibility index (Phi) is 5.28. The summed E-state index contributed by atoms with van der Waals surface area (Å²) < 4.78 is 5.04. The molecule has 0 spiro atoms. The zero-order valence-electron chi connectivity index (χ0n) is 13.9. The number of hydrogen-bond acceptors (Lipinski definition) is 6. The van der Waals surface area contributed by atoms with Crippen LogP contribution in [0, 0.1) is 0 Å². The molecule has 2 heterocycles. The standard InChI is InChI=1S/C17H17N5O4/c1-25-13-6-4-12(5-7-13)19-17(24)21-20-16(23)15-9-14(22-26-15)11-3-2-8-18-10-11/h2-8,10,15H,9H2,1H3,(H,20,23)(H2,19,21,24)/t15-/m1/s1. The first-order valence-corrected chi connectivity index (χ1v) is 7.79. The molecule has 0 saturated carbocycles. The second-order valence-electron chi connectivity index (χ2n) is 5.37. The van der Waals surface area contributed by atoms with Crippen LogP contribution in [0.15, 0.2) is 53.9 Å². The summed E-state index contributed by atoms with van der Waals surface area (Å²) in [5, 5.41) is 6.47. The summed E-state index contributed by atoms with van der Waals surface area (Å²) in [4.78, 5) is 33.0. The molecule has 1 aliphatic heterocycles. The highest BCUT2D eigenvalue weighted by molar-refractivity contribution is 6.04. The van der Waals surface area contributed by atoms with Gasteiger partial charge >= 0.3 is 6.03 Å². The van der Waals surface area contributed by atoms with Crippen LogP contribution in [0.3, 0.4) is 0 Å². The zero-order chi connectivity index (χ0) is 18.4. The number of nitrogens with one attached hydrogen (secondary N) is 3. The van der Waals surface area contributed by atoms with Crippen molar-refractivity contribution in [2.45, 2.75) is 12.5 Å². The molecule has 1 aromatic heterocycles. The lowest BCUT2D eigenvalue weighted by Crippen LogP contribution is -2.48. The third-order valence-corrected chi connectivity index (χ3v) is 3.60. The summed E-state index contributed by atoms with van der Waals surface area (Å²) in [5.74, 6) is 0.171. The number of benzene rings is 1. The van der Waals surface area contributed by atoms with Crippen LogP contribution in [-0.2, 0) is 9.63 Å². The summed E-state index contributed by atoms with van der Waals surface area (Å²) in [6, 6.07) is 9.78. The molecule has 26 heavy (non-hydrogen) atoms. The van der Waals surface area contributed by atoms with E-state index in [1.807, 2.05) is 6.07 Å². The SMILES string of the molecule is COc1ccc(NC(=O)NNC(=O)[C@H]2CC(c3cccnc3)=NO2)cc1. The van der Waals surface area contributed by atoms with Crippen LogP contribution < -0.4 is 20.9 Å². The van der Waals surface area contributed by atoms with Crippen molar-refractivity contribution >= 4 is 23.3 Å². The predicted molar refractivity (Wildman–Crippen MR) is 93.6 cm³/mol. The minimum absolute atomic E-state index is 0.291. The maximum Gasteiger partial charge on any atom is 0.337 e. The highest BCUT2D eigenvalue weighted by atomic mass is 16.6. The molecule has 3 N–H and O–H groups in total. The Labute approximate surface area is 149 Å². The number of hydrogen-bond donors (Lipinski definition) is 3. The van der Waals surface area contributed by atoms with Crippen LogP contribution in [0.25, 0.3) is 0 Å². The summed E-state index contributed by atoms with van der Waals surface area (Å²) in [6.45, 7) is 0. The maximum absolute atomic E-state index is 12.1. The number of oxime groups is 1. The highest BCUT2D eigenvalue weighted by Gasteiger charge is 2.29. The largest absolute Gasteiger partial charge is 0.497 e. The average molecular weight is 355 g/mol. The van der Waals surface area contributed by atoms with Gasteiger partial charge in [-0.15, -0.1) is 0 Å². The van der Waals surface area contributed by atoms with Gasteiger partial charge in [0.25, 0.3) is 5.91 Å². The number of carbonyl (C=O) groups is 2. The normalized spacial score (nSPS) is 15.4. The minimum atomic E-state index is -0.813. The molecule has 3 rings (SSSR count). The van der Waals surface area contributed by atoms with E-state index in [0.717, 1.165) is 5.56 Å². The van der Waals surface area contributed by atoms with E-state index < -0.39 is 18.0 Å². The molecular weight excluding hydrogens is 338 g/mol. The third kappa shape index (κ3) is 4.26. The summed E-state index contributed by atoms with van der Waals surface area (Å²) in [5.41, 5.74) is 6.53. The van der Waals surface area contributed by atoms with E-state index in [1.165, 1.54) is 0 Å². The maximum atomic E-state index is 12.1. The molecule has 134 valence electrons. The molecule has 0 unspecified atom stereocenters. The summed E-state index contributed by atoms with van der Waals surface area (Å²) in [7, 11) is 1.55. The van der Waals surface area contributed by atoms with Gasteiger partial charge in [0.05, 0.1) is 12.8 Å². The Hall–Kier alpha value is -3.62. The molecule has 1 aliphatic rings. The van der Waals surface area contributed by atoms with Crippen molar-refractivity contribution in [1.82, 2.24) is 15.8 Å². The lowest BCUT2D eigenvalue weighted by Gasteiger charge is -2.11. The lowest BCUT2D eigenvalue weighted by molar-refractivity contribution is -0.131. The number of urea groups is 1. The van der Waals surface area contributed by atoms with Crippen LogP contribution >= 0.6 is 0 Å². The molecule has 0 saturated heterocycles. The van der Waals surface area contributed by atoms with E-state index >= 15 is 0 Å². The third-order valence-electron chi connectivity index (χ3n) is 3.60. The first-order chi connectivity index (χ1) is 12.7. The number of anilines is 1. The van der Waals surface area contributed by atoms with Crippen LogP contribution in [-0.4, -0.2) is 35.8 Å². The monoisotopic (exact) mass is 355 g/mol. The summed E-state index contributed by atoms with van der Waals surface area (Å²) in [6.07, 6.45) is 2.77. The van der Waals surface area contributed by atoms with Gasteiger partial charge in [-0.25, -0.2) is 10.2 Å². The van der Waals surface area contributed by atoms with Gasteiger partial charge in [-0.3, -0.25) is 15.2 Å². The fourth-order valence-electron chi connectivity index (χ4n) is 2.26. The number of hydrazine groups is 1. The first-order valence-electron chi connectivity index (χ1n) is 7.79. The van der Waals surface area contributed by atoms with Crippen molar-refractivity contribution in [3.63, 3.8) is 0 Å². The molecule has 3 amide bonds. The van der Waals surface area contributed by atoms with Crippen molar-refractivity contribution < 1.29 is 19.2 Å². The molecule has 0 fully saturated rings. The zero-order valence-corrected chi connectivity index (χ0v) is 13.9. The molecule has 9 heteroatoms. The number of aromatic nitrogens is 1. The van der Waals surface area contributed by atoms with Gasteiger partial charge in [-0.1, -0.05) is 5.16 Å². The van der Waals surface area contributed by atoms with Crippen molar-refractivity contribution in [3.8, 4) is 5.75 Å².